The lowest BCUT2D eigenvalue weighted by Gasteiger charge is -2.39. The maximum atomic E-state index is 12.9. The minimum atomic E-state index is -3.35. The highest BCUT2D eigenvalue weighted by atomic mass is 32.2. The Hall–Kier alpha value is -1.99. The van der Waals surface area contributed by atoms with Gasteiger partial charge in [0.05, 0.1) is 11.4 Å². The van der Waals surface area contributed by atoms with Gasteiger partial charge in [-0.15, -0.1) is 0 Å². The number of anilines is 1. The summed E-state index contributed by atoms with van der Waals surface area (Å²) in [6.45, 7) is 1.07. The lowest BCUT2D eigenvalue weighted by molar-refractivity contribution is 0.219. The number of hydrogen-bond donors (Lipinski definition) is 1. The summed E-state index contributed by atoms with van der Waals surface area (Å²) in [5, 5.41) is 0. The van der Waals surface area contributed by atoms with Crippen LogP contribution in [-0.4, -0.2) is 35.8 Å². The van der Waals surface area contributed by atoms with E-state index in [4.69, 9.17) is 5.73 Å². The lowest BCUT2D eigenvalue weighted by atomic mass is 9.78. The van der Waals surface area contributed by atoms with E-state index in [2.05, 4.69) is 9.97 Å². The predicted octanol–water partition coefficient (Wildman–Crippen LogP) is 1.87. The smallest absolute Gasteiger partial charge is 0.220 e. The van der Waals surface area contributed by atoms with Crippen molar-refractivity contribution in [2.75, 3.05) is 18.8 Å². The average molecular weight is 358 g/mol. The summed E-state index contributed by atoms with van der Waals surface area (Å²) in [4.78, 5) is 8.56. The molecule has 7 heteroatoms. The van der Waals surface area contributed by atoms with E-state index in [-0.39, 0.29) is 17.1 Å². The SMILES string of the molecule is Nc1ncc2c(n1)C1(CCCN(S(=O)(=O)Cc3ccccc3)C1)CC2. The number of hydrogen-bond acceptors (Lipinski definition) is 5. The molecule has 2 N–H and O–H groups in total. The normalized spacial score (nSPS) is 23.7. The highest BCUT2D eigenvalue weighted by molar-refractivity contribution is 7.88. The van der Waals surface area contributed by atoms with E-state index in [0.717, 1.165) is 42.5 Å². The molecule has 0 amide bonds. The first-order valence-corrected chi connectivity index (χ1v) is 10.2. The van der Waals surface area contributed by atoms with Gasteiger partial charge in [-0.1, -0.05) is 30.3 Å². The summed E-state index contributed by atoms with van der Waals surface area (Å²) in [5.41, 5.74) is 8.46. The van der Waals surface area contributed by atoms with Crippen molar-refractivity contribution in [1.82, 2.24) is 14.3 Å². The second kappa shape index (κ2) is 6.07. The Balaban J connectivity index is 1.61. The van der Waals surface area contributed by atoms with Crippen molar-refractivity contribution in [3.05, 3.63) is 53.3 Å². The van der Waals surface area contributed by atoms with Crippen LogP contribution >= 0.6 is 0 Å². The number of piperidine rings is 1. The maximum Gasteiger partial charge on any atom is 0.220 e. The summed E-state index contributed by atoms with van der Waals surface area (Å²) in [6.07, 6.45) is 5.40. The van der Waals surface area contributed by atoms with Gasteiger partial charge in [0, 0.05) is 24.7 Å². The number of sulfonamides is 1. The van der Waals surface area contributed by atoms with Crippen LogP contribution in [0.2, 0.25) is 0 Å². The number of aromatic nitrogens is 2. The minimum Gasteiger partial charge on any atom is -0.368 e. The van der Waals surface area contributed by atoms with E-state index in [1.807, 2.05) is 30.3 Å². The van der Waals surface area contributed by atoms with Gasteiger partial charge in [0.1, 0.15) is 0 Å². The summed E-state index contributed by atoms with van der Waals surface area (Å²) >= 11 is 0. The lowest BCUT2D eigenvalue weighted by Crippen LogP contribution is -2.48. The third kappa shape index (κ3) is 3.02. The molecule has 1 fully saturated rings. The number of rotatable bonds is 3. The minimum absolute atomic E-state index is 0.0443. The number of fused-ring (bicyclic) bond motifs is 2. The van der Waals surface area contributed by atoms with Gasteiger partial charge >= 0.3 is 0 Å². The second-order valence-electron chi connectivity index (χ2n) is 7.06. The van der Waals surface area contributed by atoms with E-state index in [1.54, 1.807) is 10.5 Å². The van der Waals surface area contributed by atoms with E-state index in [9.17, 15) is 8.42 Å². The molecule has 6 nitrogen and oxygen atoms in total. The van der Waals surface area contributed by atoms with Crippen molar-refractivity contribution in [1.29, 1.82) is 0 Å². The molecule has 1 atom stereocenters. The van der Waals surface area contributed by atoms with Crippen LogP contribution in [0.3, 0.4) is 0 Å². The van der Waals surface area contributed by atoms with Crippen LogP contribution in [0, 0.1) is 0 Å². The summed E-state index contributed by atoms with van der Waals surface area (Å²) in [6, 6.07) is 9.35. The van der Waals surface area contributed by atoms with Gasteiger partial charge in [0.2, 0.25) is 16.0 Å². The fourth-order valence-electron chi connectivity index (χ4n) is 4.16. The summed E-state index contributed by atoms with van der Waals surface area (Å²) in [7, 11) is -3.35. The average Bonchev–Trinajstić information content (AvgIpc) is 2.93. The third-order valence-corrected chi connectivity index (χ3v) is 7.18. The summed E-state index contributed by atoms with van der Waals surface area (Å²) in [5.74, 6) is 0.312. The van der Waals surface area contributed by atoms with E-state index >= 15 is 0 Å². The molecule has 2 aromatic rings. The maximum absolute atomic E-state index is 12.9. The van der Waals surface area contributed by atoms with Gasteiger partial charge in [-0.2, -0.15) is 0 Å². The molecular weight excluding hydrogens is 336 g/mol. The molecule has 0 saturated carbocycles. The number of nitrogens with two attached hydrogens (primary N) is 1. The number of nitrogens with zero attached hydrogens (tertiary/aromatic N) is 3. The molecule has 25 heavy (non-hydrogen) atoms. The topological polar surface area (TPSA) is 89.2 Å². The molecular formula is C18H22N4O2S. The van der Waals surface area contributed by atoms with Crippen molar-refractivity contribution in [3.8, 4) is 0 Å². The van der Waals surface area contributed by atoms with Gasteiger partial charge in [-0.3, -0.25) is 0 Å². The molecule has 1 aromatic heterocycles. The van der Waals surface area contributed by atoms with Crippen LogP contribution in [0.4, 0.5) is 5.95 Å². The van der Waals surface area contributed by atoms with Crippen molar-refractivity contribution in [3.63, 3.8) is 0 Å². The van der Waals surface area contributed by atoms with Crippen LogP contribution in [-0.2, 0) is 27.6 Å². The number of nitrogen functional groups attached to an aromatic ring is 1. The first kappa shape index (κ1) is 16.5. The third-order valence-electron chi connectivity index (χ3n) is 5.39. The zero-order valence-electron chi connectivity index (χ0n) is 14.1. The first-order valence-electron chi connectivity index (χ1n) is 8.62. The van der Waals surface area contributed by atoms with E-state index < -0.39 is 10.0 Å². The van der Waals surface area contributed by atoms with Gasteiger partial charge < -0.3 is 5.73 Å². The van der Waals surface area contributed by atoms with Crippen molar-refractivity contribution in [2.24, 2.45) is 0 Å². The molecule has 1 aromatic carbocycles. The van der Waals surface area contributed by atoms with Crippen LogP contribution < -0.4 is 5.73 Å². The van der Waals surface area contributed by atoms with Crippen molar-refractivity contribution < 1.29 is 8.42 Å². The second-order valence-corrected chi connectivity index (χ2v) is 9.03. The first-order chi connectivity index (χ1) is 12.0. The highest BCUT2D eigenvalue weighted by Gasteiger charge is 2.46. The Kier molecular flexibility index (Phi) is 4.00. The van der Waals surface area contributed by atoms with Gasteiger partial charge in [0.25, 0.3) is 0 Å². The molecule has 1 saturated heterocycles. The Morgan fingerprint density at radius 2 is 2.00 bits per heavy atom. The molecule has 1 aliphatic carbocycles. The Morgan fingerprint density at radius 3 is 2.80 bits per heavy atom. The van der Waals surface area contributed by atoms with Crippen LogP contribution in [0.1, 0.15) is 36.1 Å². The molecule has 2 aliphatic rings. The standard InChI is InChI=1S/C18H22N4O2S/c19-17-20-11-15-7-9-18(16(15)21-17)8-4-10-22(13-18)25(23,24)12-14-5-2-1-3-6-14/h1-3,5-6,11H,4,7-10,12-13H2,(H2,19,20,21). The van der Waals surface area contributed by atoms with Crippen LogP contribution in [0.15, 0.2) is 36.5 Å². The molecule has 1 aliphatic heterocycles. The van der Waals surface area contributed by atoms with E-state index in [1.165, 1.54) is 0 Å². The molecule has 4 rings (SSSR count). The van der Waals surface area contributed by atoms with E-state index in [0.29, 0.717) is 13.1 Å². The largest absolute Gasteiger partial charge is 0.368 e. The van der Waals surface area contributed by atoms with Crippen LogP contribution in [0.25, 0.3) is 0 Å². The Labute approximate surface area is 148 Å². The van der Waals surface area contributed by atoms with Gasteiger partial charge in [-0.05, 0) is 36.8 Å². The predicted molar refractivity (Wildman–Crippen MR) is 96.3 cm³/mol. The molecule has 1 unspecified atom stereocenters. The molecule has 132 valence electrons. The molecule has 0 bridgehead atoms. The monoisotopic (exact) mass is 358 g/mol. The number of aryl methyl sites for hydroxylation is 1. The molecule has 1 spiro atoms. The highest BCUT2D eigenvalue weighted by Crippen LogP contribution is 2.44. The van der Waals surface area contributed by atoms with Crippen LogP contribution in [0.5, 0.6) is 0 Å². The van der Waals surface area contributed by atoms with Crippen molar-refractivity contribution >= 4 is 16.0 Å². The Bertz CT molecular complexity index is 881. The van der Waals surface area contributed by atoms with Gasteiger partial charge in [-0.25, -0.2) is 22.7 Å². The quantitative estimate of drug-likeness (QED) is 0.905. The van der Waals surface area contributed by atoms with Crippen molar-refractivity contribution in [2.45, 2.75) is 36.9 Å². The zero-order valence-corrected chi connectivity index (χ0v) is 14.9. The fraction of sp³-hybridized carbons (Fsp3) is 0.444. The Morgan fingerprint density at radius 1 is 1.20 bits per heavy atom. The zero-order chi connectivity index (χ0) is 17.5. The summed E-state index contributed by atoms with van der Waals surface area (Å²) < 4.78 is 27.5. The fourth-order valence-corrected chi connectivity index (χ4v) is 5.80. The molecule has 0 radical (unpaired) electrons. The number of benzene rings is 1. The van der Waals surface area contributed by atoms with Gasteiger partial charge in [0.15, 0.2) is 0 Å². The molecule has 2 heterocycles.